The van der Waals surface area contributed by atoms with Gasteiger partial charge in [0.2, 0.25) is 0 Å². The highest BCUT2D eigenvalue weighted by Gasteiger charge is 2.25. The molecule has 2 rings (SSSR count). The van der Waals surface area contributed by atoms with Crippen molar-refractivity contribution in [3.8, 4) is 0 Å². The summed E-state index contributed by atoms with van der Waals surface area (Å²) in [5.74, 6) is 0. The van der Waals surface area contributed by atoms with Gasteiger partial charge in [-0.3, -0.25) is 4.68 Å². The lowest BCUT2D eigenvalue weighted by molar-refractivity contribution is 0.601. The molecule has 0 amide bonds. The first kappa shape index (κ1) is 11.4. The maximum Gasteiger partial charge on any atom is 0.0668 e. The third-order valence-corrected chi connectivity index (χ3v) is 3.22. The van der Waals surface area contributed by atoms with E-state index in [0.717, 1.165) is 15.6 Å². The highest BCUT2D eigenvalue weighted by atomic mass is 79.9. The van der Waals surface area contributed by atoms with Crippen LogP contribution >= 0.6 is 15.9 Å². The zero-order valence-electron chi connectivity index (χ0n) is 9.31. The maximum atomic E-state index is 6.37. The van der Waals surface area contributed by atoms with E-state index in [4.69, 9.17) is 5.73 Å². The molecular weight excluding hydrogens is 266 g/mol. The third-order valence-electron chi connectivity index (χ3n) is 2.73. The number of aromatic nitrogens is 2. The summed E-state index contributed by atoms with van der Waals surface area (Å²) in [6.07, 6.45) is 3.75. The second-order valence-corrected chi connectivity index (χ2v) is 5.03. The van der Waals surface area contributed by atoms with Crippen LogP contribution in [0.4, 0.5) is 0 Å². The minimum atomic E-state index is -0.516. The van der Waals surface area contributed by atoms with Gasteiger partial charge < -0.3 is 5.73 Å². The van der Waals surface area contributed by atoms with Gasteiger partial charge in [-0.25, -0.2) is 0 Å². The Hall–Kier alpha value is -1.13. The first-order valence-corrected chi connectivity index (χ1v) is 5.83. The molecular formula is C12H14BrN3. The minimum Gasteiger partial charge on any atom is -0.318 e. The highest BCUT2D eigenvalue weighted by molar-refractivity contribution is 9.10. The lowest BCUT2D eigenvalue weighted by atomic mass is 9.88. The van der Waals surface area contributed by atoms with Gasteiger partial charge in [0.25, 0.3) is 0 Å². The number of nitrogens with zero attached hydrogens (tertiary/aromatic N) is 2. The van der Waals surface area contributed by atoms with Gasteiger partial charge in [0.1, 0.15) is 0 Å². The summed E-state index contributed by atoms with van der Waals surface area (Å²) in [7, 11) is 1.89. The van der Waals surface area contributed by atoms with Gasteiger partial charge in [-0.05, 0) is 24.6 Å². The van der Waals surface area contributed by atoms with Crippen molar-refractivity contribution in [2.45, 2.75) is 12.5 Å². The quantitative estimate of drug-likeness (QED) is 0.918. The molecule has 0 radical (unpaired) electrons. The van der Waals surface area contributed by atoms with Crippen LogP contribution in [-0.2, 0) is 12.6 Å². The van der Waals surface area contributed by atoms with Gasteiger partial charge >= 0.3 is 0 Å². The average molecular weight is 280 g/mol. The Morgan fingerprint density at radius 2 is 2.12 bits per heavy atom. The molecule has 2 N–H and O–H groups in total. The fourth-order valence-electron chi connectivity index (χ4n) is 1.67. The number of nitrogens with two attached hydrogens (primary N) is 1. The SMILES string of the molecule is Cn1cc(C(C)(N)c2cccc(Br)c2)cn1. The summed E-state index contributed by atoms with van der Waals surface area (Å²) in [6.45, 7) is 1.99. The molecule has 1 aromatic heterocycles. The first-order valence-electron chi connectivity index (χ1n) is 5.04. The van der Waals surface area contributed by atoms with Crippen molar-refractivity contribution in [1.82, 2.24) is 9.78 Å². The Bertz CT molecular complexity index is 502. The molecule has 16 heavy (non-hydrogen) atoms. The standard InChI is InChI=1S/C12H14BrN3/c1-12(14,10-7-15-16(2)8-10)9-4-3-5-11(13)6-9/h3-8H,14H2,1-2H3. The van der Waals surface area contributed by atoms with Gasteiger partial charge in [0, 0.05) is 23.3 Å². The molecule has 1 unspecified atom stereocenters. The molecule has 2 aromatic rings. The smallest absolute Gasteiger partial charge is 0.0668 e. The zero-order valence-corrected chi connectivity index (χ0v) is 10.9. The predicted octanol–water partition coefficient (Wildman–Crippen LogP) is 2.40. The van der Waals surface area contributed by atoms with Crippen LogP contribution in [0.5, 0.6) is 0 Å². The molecule has 84 valence electrons. The van der Waals surface area contributed by atoms with E-state index in [-0.39, 0.29) is 0 Å². The molecule has 0 aliphatic heterocycles. The topological polar surface area (TPSA) is 43.8 Å². The van der Waals surface area contributed by atoms with Crippen LogP contribution in [0.3, 0.4) is 0 Å². The molecule has 0 spiro atoms. The van der Waals surface area contributed by atoms with E-state index in [0.29, 0.717) is 0 Å². The fraction of sp³-hybridized carbons (Fsp3) is 0.250. The Kier molecular flexibility index (Phi) is 2.86. The Morgan fingerprint density at radius 1 is 1.38 bits per heavy atom. The van der Waals surface area contributed by atoms with Crippen molar-refractivity contribution in [3.05, 3.63) is 52.3 Å². The molecule has 0 fully saturated rings. The molecule has 1 atom stereocenters. The molecule has 0 saturated carbocycles. The maximum absolute atomic E-state index is 6.37. The molecule has 4 heteroatoms. The Morgan fingerprint density at radius 3 is 2.69 bits per heavy atom. The normalized spacial score (nSPS) is 14.8. The van der Waals surface area contributed by atoms with Crippen LogP contribution < -0.4 is 5.73 Å². The lowest BCUT2D eigenvalue weighted by Gasteiger charge is -2.24. The van der Waals surface area contributed by atoms with Crippen molar-refractivity contribution in [1.29, 1.82) is 0 Å². The van der Waals surface area contributed by atoms with Crippen LogP contribution in [-0.4, -0.2) is 9.78 Å². The highest BCUT2D eigenvalue weighted by Crippen LogP contribution is 2.27. The molecule has 1 heterocycles. The summed E-state index contributed by atoms with van der Waals surface area (Å²) in [5, 5.41) is 4.16. The van der Waals surface area contributed by atoms with Gasteiger partial charge in [-0.15, -0.1) is 0 Å². The zero-order chi connectivity index (χ0) is 11.8. The van der Waals surface area contributed by atoms with Crippen LogP contribution in [0.15, 0.2) is 41.1 Å². The number of hydrogen-bond acceptors (Lipinski definition) is 2. The minimum absolute atomic E-state index is 0.516. The lowest BCUT2D eigenvalue weighted by Crippen LogP contribution is -2.33. The first-order chi connectivity index (χ1) is 7.50. The number of rotatable bonds is 2. The largest absolute Gasteiger partial charge is 0.318 e. The van der Waals surface area contributed by atoms with E-state index < -0.39 is 5.54 Å². The van der Waals surface area contributed by atoms with Gasteiger partial charge in [-0.1, -0.05) is 28.1 Å². The molecule has 0 aliphatic carbocycles. The molecule has 0 bridgehead atoms. The molecule has 0 aliphatic rings. The van der Waals surface area contributed by atoms with E-state index >= 15 is 0 Å². The summed E-state index contributed by atoms with van der Waals surface area (Å²) >= 11 is 3.46. The Labute approximate surface area is 103 Å². The van der Waals surface area contributed by atoms with Crippen LogP contribution in [0.1, 0.15) is 18.1 Å². The second kappa shape index (κ2) is 4.03. The van der Waals surface area contributed by atoms with Crippen molar-refractivity contribution < 1.29 is 0 Å². The van der Waals surface area contributed by atoms with Crippen molar-refractivity contribution in [2.75, 3.05) is 0 Å². The van der Waals surface area contributed by atoms with Gasteiger partial charge in [0.15, 0.2) is 0 Å². The summed E-state index contributed by atoms with van der Waals surface area (Å²) in [6, 6.07) is 8.04. The fourth-order valence-corrected chi connectivity index (χ4v) is 2.07. The number of halogens is 1. The molecule has 0 saturated heterocycles. The van der Waals surface area contributed by atoms with E-state index in [9.17, 15) is 0 Å². The second-order valence-electron chi connectivity index (χ2n) is 4.12. The Balaban J connectivity index is 2.46. The molecule has 1 aromatic carbocycles. The van der Waals surface area contributed by atoms with Crippen LogP contribution in [0, 0.1) is 0 Å². The predicted molar refractivity (Wildman–Crippen MR) is 68.0 cm³/mol. The summed E-state index contributed by atoms with van der Waals surface area (Å²) < 4.78 is 2.80. The number of aryl methyl sites for hydroxylation is 1. The van der Waals surface area contributed by atoms with Crippen LogP contribution in [0.2, 0.25) is 0 Å². The van der Waals surface area contributed by atoms with Crippen molar-refractivity contribution in [3.63, 3.8) is 0 Å². The third kappa shape index (κ3) is 2.03. The number of hydrogen-bond donors (Lipinski definition) is 1. The van der Waals surface area contributed by atoms with Crippen molar-refractivity contribution in [2.24, 2.45) is 12.8 Å². The van der Waals surface area contributed by atoms with E-state index in [1.807, 2.05) is 44.4 Å². The van der Waals surface area contributed by atoms with E-state index in [1.54, 1.807) is 10.9 Å². The summed E-state index contributed by atoms with van der Waals surface area (Å²) in [5.41, 5.74) is 7.92. The van der Waals surface area contributed by atoms with Crippen LogP contribution in [0.25, 0.3) is 0 Å². The average Bonchev–Trinajstić information content (AvgIpc) is 2.65. The van der Waals surface area contributed by atoms with E-state index in [2.05, 4.69) is 21.0 Å². The monoisotopic (exact) mass is 279 g/mol. The number of benzene rings is 1. The van der Waals surface area contributed by atoms with Gasteiger partial charge in [-0.2, -0.15) is 5.10 Å². The van der Waals surface area contributed by atoms with Gasteiger partial charge in [0.05, 0.1) is 11.7 Å². The van der Waals surface area contributed by atoms with Crippen molar-refractivity contribution >= 4 is 15.9 Å². The molecule has 3 nitrogen and oxygen atoms in total. The summed E-state index contributed by atoms with van der Waals surface area (Å²) in [4.78, 5) is 0. The van der Waals surface area contributed by atoms with E-state index in [1.165, 1.54) is 0 Å².